The molecule has 1 heterocycles. The van der Waals surface area contributed by atoms with E-state index in [1.54, 1.807) is 23.8 Å². The fraction of sp³-hybridized carbons (Fsp3) is 0.238. The van der Waals surface area contributed by atoms with Gasteiger partial charge in [-0.2, -0.15) is 0 Å². The van der Waals surface area contributed by atoms with Gasteiger partial charge in [0, 0.05) is 11.8 Å². The predicted octanol–water partition coefficient (Wildman–Crippen LogP) is 4.97. The van der Waals surface area contributed by atoms with E-state index in [1.165, 1.54) is 0 Å². The molecule has 3 rings (SSSR count). The Hall–Kier alpha value is -2.53. The number of amidine groups is 1. The number of hydrogen-bond acceptors (Lipinski definition) is 4. The van der Waals surface area contributed by atoms with Crippen LogP contribution >= 0.6 is 11.8 Å². The van der Waals surface area contributed by atoms with Crippen molar-refractivity contribution >= 4 is 34.6 Å². The predicted molar refractivity (Wildman–Crippen MR) is 110 cm³/mol. The number of anilines is 1. The normalized spacial score (nSPS) is 15.5. The zero-order valence-electron chi connectivity index (χ0n) is 15.0. The van der Waals surface area contributed by atoms with E-state index in [0.717, 1.165) is 35.0 Å². The molecule has 5 heteroatoms. The van der Waals surface area contributed by atoms with Crippen molar-refractivity contribution in [2.45, 2.75) is 19.8 Å². The van der Waals surface area contributed by atoms with E-state index >= 15 is 0 Å². The Bertz CT molecular complexity index is 831. The van der Waals surface area contributed by atoms with Gasteiger partial charge >= 0.3 is 0 Å². The van der Waals surface area contributed by atoms with Crippen LogP contribution in [0.4, 0.5) is 5.69 Å². The van der Waals surface area contributed by atoms with Crippen molar-refractivity contribution in [3.8, 4) is 5.75 Å². The highest BCUT2D eigenvalue weighted by Crippen LogP contribution is 2.31. The molecule has 2 aromatic carbocycles. The summed E-state index contributed by atoms with van der Waals surface area (Å²) >= 11 is 1.62. The molecule has 1 amide bonds. The molecule has 2 aromatic rings. The molecule has 1 aliphatic rings. The van der Waals surface area contributed by atoms with Crippen LogP contribution in [0.15, 0.2) is 65.3 Å². The van der Waals surface area contributed by atoms with E-state index in [1.807, 2.05) is 60.7 Å². The quantitative estimate of drug-likeness (QED) is 0.535. The zero-order chi connectivity index (χ0) is 18.4. The second kappa shape index (κ2) is 8.72. The van der Waals surface area contributed by atoms with Crippen LogP contribution in [0, 0.1) is 0 Å². The molecule has 4 nitrogen and oxygen atoms in total. The highest BCUT2D eigenvalue weighted by Gasteiger charge is 2.32. The summed E-state index contributed by atoms with van der Waals surface area (Å²) in [7, 11) is 1.62. The first-order valence-corrected chi connectivity index (χ1v) is 9.68. The van der Waals surface area contributed by atoms with Crippen LogP contribution in [0.25, 0.3) is 6.08 Å². The maximum absolute atomic E-state index is 13.0. The summed E-state index contributed by atoms with van der Waals surface area (Å²) in [6, 6.07) is 17.3. The minimum absolute atomic E-state index is 0.110. The molecular weight excluding hydrogens is 344 g/mol. The molecule has 1 aliphatic heterocycles. The highest BCUT2D eigenvalue weighted by atomic mass is 32.2. The van der Waals surface area contributed by atoms with Crippen LogP contribution < -0.4 is 9.64 Å². The van der Waals surface area contributed by atoms with Crippen LogP contribution in [0.2, 0.25) is 0 Å². The number of carbonyl (C=O) groups is 1. The number of ether oxygens (including phenoxy) is 1. The van der Waals surface area contributed by atoms with Gasteiger partial charge in [-0.05, 0) is 30.2 Å². The van der Waals surface area contributed by atoms with Crippen LogP contribution in [0.1, 0.15) is 25.3 Å². The summed E-state index contributed by atoms with van der Waals surface area (Å²) in [5.74, 6) is 1.54. The number of thioether (sulfide) groups is 1. The number of methoxy groups -OCH3 is 1. The van der Waals surface area contributed by atoms with E-state index in [2.05, 4.69) is 11.9 Å². The molecular formula is C21H22N2O2S. The second-order valence-electron chi connectivity index (χ2n) is 5.88. The van der Waals surface area contributed by atoms with Gasteiger partial charge in [-0.15, -0.1) is 0 Å². The Morgan fingerprint density at radius 1 is 1.15 bits per heavy atom. The number of hydrogen-bond donors (Lipinski definition) is 0. The van der Waals surface area contributed by atoms with E-state index in [-0.39, 0.29) is 5.91 Å². The maximum Gasteiger partial charge on any atom is 0.283 e. The molecule has 0 spiro atoms. The number of benzene rings is 2. The summed E-state index contributed by atoms with van der Waals surface area (Å²) in [5.41, 5.74) is 2.19. The van der Waals surface area contributed by atoms with Crippen molar-refractivity contribution < 1.29 is 9.53 Å². The molecule has 0 saturated heterocycles. The summed E-state index contributed by atoms with van der Waals surface area (Å²) in [4.78, 5) is 19.3. The van der Waals surface area contributed by atoms with Crippen LogP contribution in [0.5, 0.6) is 5.75 Å². The lowest BCUT2D eigenvalue weighted by atomic mass is 10.2. The fourth-order valence-electron chi connectivity index (χ4n) is 2.59. The largest absolute Gasteiger partial charge is 0.497 e. The van der Waals surface area contributed by atoms with Gasteiger partial charge in [0.05, 0.1) is 12.8 Å². The average Bonchev–Trinajstić information content (AvgIpc) is 2.98. The highest BCUT2D eigenvalue weighted by molar-refractivity contribution is 8.14. The van der Waals surface area contributed by atoms with Crippen LogP contribution in [-0.2, 0) is 4.79 Å². The smallest absolute Gasteiger partial charge is 0.283 e. The van der Waals surface area contributed by atoms with Crippen molar-refractivity contribution in [3.05, 3.63) is 65.9 Å². The second-order valence-corrected chi connectivity index (χ2v) is 6.94. The van der Waals surface area contributed by atoms with E-state index < -0.39 is 0 Å². The SMILES string of the molecule is CCCCSC1=NC(=Cc2ccccc2)C(=O)N1c1cccc(OC)c1. The molecule has 26 heavy (non-hydrogen) atoms. The monoisotopic (exact) mass is 366 g/mol. The van der Waals surface area contributed by atoms with E-state index in [9.17, 15) is 4.79 Å². The van der Waals surface area contributed by atoms with Crippen molar-refractivity contribution in [2.75, 3.05) is 17.8 Å². The number of unbranched alkanes of at least 4 members (excludes halogenated alkanes) is 1. The van der Waals surface area contributed by atoms with Gasteiger partial charge in [-0.25, -0.2) is 4.99 Å². The van der Waals surface area contributed by atoms with E-state index in [4.69, 9.17) is 4.74 Å². The molecule has 0 unspecified atom stereocenters. The lowest BCUT2D eigenvalue weighted by Crippen LogP contribution is -2.30. The average molecular weight is 366 g/mol. The van der Waals surface area contributed by atoms with Crippen molar-refractivity contribution in [2.24, 2.45) is 4.99 Å². The summed E-state index contributed by atoms with van der Waals surface area (Å²) < 4.78 is 5.31. The molecule has 0 aliphatic carbocycles. The van der Waals surface area contributed by atoms with Gasteiger partial charge in [0.15, 0.2) is 5.17 Å². The summed E-state index contributed by atoms with van der Waals surface area (Å²) in [6.45, 7) is 2.16. The molecule has 0 saturated carbocycles. The Labute approximate surface area is 158 Å². The van der Waals surface area contributed by atoms with Gasteiger partial charge < -0.3 is 4.74 Å². The summed E-state index contributed by atoms with van der Waals surface area (Å²) in [5, 5.41) is 0.721. The Balaban J connectivity index is 1.94. The van der Waals surface area contributed by atoms with Gasteiger partial charge in [0.25, 0.3) is 5.91 Å². The van der Waals surface area contributed by atoms with Crippen molar-refractivity contribution in [3.63, 3.8) is 0 Å². The number of nitrogens with zero attached hydrogens (tertiary/aromatic N) is 2. The summed E-state index contributed by atoms with van der Waals surface area (Å²) in [6.07, 6.45) is 4.03. The lowest BCUT2D eigenvalue weighted by Gasteiger charge is -2.18. The topological polar surface area (TPSA) is 41.9 Å². The minimum Gasteiger partial charge on any atom is -0.497 e. The maximum atomic E-state index is 13.0. The first-order valence-electron chi connectivity index (χ1n) is 8.69. The van der Waals surface area contributed by atoms with Crippen LogP contribution in [0.3, 0.4) is 0 Å². The molecule has 0 bridgehead atoms. The third-order valence-electron chi connectivity index (χ3n) is 3.97. The van der Waals surface area contributed by atoms with E-state index in [0.29, 0.717) is 11.4 Å². The number of carbonyl (C=O) groups excluding carboxylic acids is 1. The first kappa shape index (κ1) is 18.3. The Kier molecular flexibility index (Phi) is 6.12. The van der Waals surface area contributed by atoms with Crippen molar-refractivity contribution in [1.82, 2.24) is 0 Å². The van der Waals surface area contributed by atoms with Gasteiger partial charge in [-0.3, -0.25) is 9.69 Å². The number of rotatable bonds is 6. The minimum atomic E-state index is -0.110. The van der Waals surface area contributed by atoms with Gasteiger partial charge in [-0.1, -0.05) is 61.5 Å². The number of amides is 1. The molecule has 134 valence electrons. The van der Waals surface area contributed by atoms with Gasteiger partial charge in [0.2, 0.25) is 0 Å². The third-order valence-corrected chi connectivity index (χ3v) is 5.00. The molecule has 0 N–H and O–H groups in total. The first-order chi connectivity index (χ1) is 12.7. The molecule has 0 radical (unpaired) electrons. The molecule has 0 fully saturated rings. The van der Waals surface area contributed by atoms with Crippen molar-refractivity contribution in [1.29, 1.82) is 0 Å². The Morgan fingerprint density at radius 2 is 1.96 bits per heavy atom. The van der Waals surface area contributed by atoms with Crippen LogP contribution in [-0.4, -0.2) is 23.9 Å². The molecule has 0 atom stereocenters. The third kappa shape index (κ3) is 4.17. The Morgan fingerprint density at radius 3 is 2.69 bits per heavy atom. The standard InChI is InChI=1S/C21H22N2O2S/c1-3-4-13-26-21-22-19(14-16-9-6-5-7-10-16)20(24)23(21)17-11-8-12-18(15-17)25-2/h5-12,14-15H,3-4,13H2,1-2H3. The zero-order valence-corrected chi connectivity index (χ0v) is 15.8. The lowest BCUT2D eigenvalue weighted by molar-refractivity contribution is -0.113. The number of aliphatic imine (C=N–C) groups is 1. The fourth-order valence-corrected chi connectivity index (χ4v) is 3.68. The van der Waals surface area contributed by atoms with Gasteiger partial charge in [0.1, 0.15) is 11.4 Å². The molecule has 0 aromatic heterocycles.